The van der Waals surface area contributed by atoms with E-state index in [2.05, 4.69) is 18.1 Å². The van der Waals surface area contributed by atoms with Crippen molar-refractivity contribution in [2.75, 3.05) is 12.3 Å². The Morgan fingerprint density at radius 2 is 1.81 bits per heavy atom. The molecule has 0 spiro atoms. The van der Waals surface area contributed by atoms with Crippen LogP contribution >= 0.6 is 23.5 Å². The summed E-state index contributed by atoms with van der Waals surface area (Å²) in [6.45, 7) is -1.87. The van der Waals surface area contributed by atoms with Gasteiger partial charge in [-0.15, -0.1) is 0 Å². The minimum Gasteiger partial charge on any atom is -0.387 e. The van der Waals surface area contributed by atoms with Crippen LogP contribution < -0.4 is 11.4 Å². The van der Waals surface area contributed by atoms with Crippen molar-refractivity contribution in [2.45, 2.75) is 30.5 Å². The number of aliphatic hydroxyl groups is 1. The van der Waals surface area contributed by atoms with Crippen molar-refractivity contribution in [1.82, 2.24) is 9.55 Å². The van der Waals surface area contributed by atoms with E-state index in [0.29, 0.717) is 4.57 Å². The molecule has 16 nitrogen and oxygen atoms in total. The van der Waals surface area contributed by atoms with Gasteiger partial charge in [-0.05, 0) is 6.07 Å². The first-order valence-electron chi connectivity index (χ1n) is 7.80. The van der Waals surface area contributed by atoms with Crippen molar-refractivity contribution in [3.05, 3.63) is 22.7 Å². The molecule has 1 fully saturated rings. The third kappa shape index (κ3) is 6.22. The first kappa shape index (κ1) is 27.0. The van der Waals surface area contributed by atoms with Gasteiger partial charge in [0.25, 0.3) is 6.43 Å². The summed E-state index contributed by atoms with van der Waals surface area (Å²) in [5.41, 5.74) is 0.569. The Morgan fingerprint density at radius 3 is 2.31 bits per heavy atom. The van der Waals surface area contributed by atoms with Crippen molar-refractivity contribution in [3.63, 3.8) is 0 Å². The number of anilines is 1. The number of rotatable bonds is 9. The number of alkyl halides is 3. The number of hydrogen-bond acceptors (Lipinski definition) is 11. The molecule has 0 amide bonds. The van der Waals surface area contributed by atoms with Crippen molar-refractivity contribution in [1.29, 1.82) is 0 Å². The van der Waals surface area contributed by atoms with Crippen molar-refractivity contribution >= 4 is 29.3 Å². The highest BCUT2D eigenvalue weighted by molar-refractivity contribution is 7.66. The Kier molecular flexibility index (Phi) is 7.79. The predicted molar refractivity (Wildman–Crippen MR) is 92.5 cm³/mol. The normalized spacial score (nSPS) is 30.2. The summed E-state index contributed by atoms with van der Waals surface area (Å²) in [7, 11) is -17.6. The molecule has 1 aromatic heterocycles. The number of halogens is 3. The molecule has 2 heterocycles. The van der Waals surface area contributed by atoms with E-state index in [1.807, 2.05) is 0 Å². The summed E-state index contributed by atoms with van der Waals surface area (Å²) in [4.78, 5) is 50.4. The summed E-state index contributed by atoms with van der Waals surface area (Å²) in [6, 6.07) is 0.971. The SMILES string of the molecule is Nc1ccn(C2O[C@@](COP(=O)(O)OP(=O)(O)OP(=O)(O)O)(C(F)F)[C@@H](O)[C@H]2F)c(=O)n1. The fourth-order valence-corrected chi connectivity index (χ4v) is 5.52. The largest absolute Gasteiger partial charge is 0.490 e. The Bertz CT molecular complexity index is 1050. The molecule has 6 atom stereocenters. The Labute approximate surface area is 174 Å². The second-order valence-electron chi connectivity index (χ2n) is 6.06. The van der Waals surface area contributed by atoms with Crippen molar-refractivity contribution in [2.24, 2.45) is 0 Å². The van der Waals surface area contributed by atoms with Crippen LogP contribution in [0.4, 0.5) is 19.0 Å². The highest BCUT2D eigenvalue weighted by Gasteiger charge is 2.62. The number of nitrogens with zero attached hydrogens (tertiary/aromatic N) is 2. The van der Waals surface area contributed by atoms with Gasteiger partial charge in [-0.2, -0.15) is 13.6 Å². The van der Waals surface area contributed by atoms with Gasteiger partial charge in [0.1, 0.15) is 11.9 Å². The van der Waals surface area contributed by atoms with Gasteiger partial charge in [0.15, 0.2) is 18.0 Å². The lowest BCUT2D eigenvalue weighted by atomic mass is 9.97. The van der Waals surface area contributed by atoms with Crippen LogP contribution in [0.5, 0.6) is 0 Å². The molecule has 0 aliphatic carbocycles. The van der Waals surface area contributed by atoms with Gasteiger partial charge in [-0.25, -0.2) is 31.7 Å². The number of phosphoric ester groups is 1. The Morgan fingerprint density at radius 1 is 1.22 bits per heavy atom. The maximum atomic E-state index is 14.5. The van der Waals surface area contributed by atoms with E-state index in [9.17, 15) is 41.7 Å². The zero-order valence-corrected chi connectivity index (χ0v) is 17.8. The lowest BCUT2D eigenvalue weighted by Gasteiger charge is -2.31. The molecule has 184 valence electrons. The van der Waals surface area contributed by atoms with Gasteiger partial charge in [-0.3, -0.25) is 9.09 Å². The molecule has 0 saturated carbocycles. The summed E-state index contributed by atoms with van der Waals surface area (Å²) < 4.78 is 91.5. The van der Waals surface area contributed by atoms with Gasteiger partial charge in [0.2, 0.25) is 0 Å². The first-order valence-corrected chi connectivity index (χ1v) is 12.3. The van der Waals surface area contributed by atoms with E-state index >= 15 is 0 Å². The van der Waals surface area contributed by atoms with Crippen LogP contribution in [0.2, 0.25) is 0 Å². The fraction of sp³-hybridized carbons (Fsp3) is 0.600. The molecule has 3 unspecified atom stereocenters. The molecule has 32 heavy (non-hydrogen) atoms. The number of hydrogen-bond donors (Lipinski definition) is 6. The number of ether oxygens (including phenoxy) is 1. The Balaban J connectivity index is 2.27. The molecule has 7 N–H and O–H groups in total. The van der Waals surface area contributed by atoms with E-state index in [1.54, 1.807) is 0 Å². The zero-order chi connectivity index (χ0) is 24.7. The molecule has 22 heteroatoms. The molecule has 2 rings (SSSR count). The van der Waals surface area contributed by atoms with Crippen molar-refractivity contribution < 1.29 is 69.4 Å². The van der Waals surface area contributed by atoms with E-state index < -0.39 is 66.3 Å². The topological polar surface area (TPSA) is 250 Å². The van der Waals surface area contributed by atoms with Crippen LogP contribution in [-0.4, -0.2) is 65.1 Å². The molecule has 1 aromatic rings. The zero-order valence-electron chi connectivity index (χ0n) is 15.1. The van der Waals surface area contributed by atoms with Crippen LogP contribution in [0.25, 0.3) is 0 Å². The van der Waals surface area contributed by atoms with Gasteiger partial charge in [0, 0.05) is 6.20 Å². The second-order valence-corrected chi connectivity index (χ2v) is 10.5. The monoisotopic (exact) mass is 535 g/mol. The molecular weight excluding hydrogens is 520 g/mol. The minimum atomic E-state index is -5.97. The maximum Gasteiger partial charge on any atom is 0.490 e. The highest BCUT2D eigenvalue weighted by Crippen LogP contribution is 2.66. The van der Waals surface area contributed by atoms with E-state index in [0.717, 1.165) is 12.3 Å². The maximum absolute atomic E-state index is 14.5. The third-order valence-electron chi connectivity index (χ3n) is 3.78. The van der Waals surface area contributed by atoms with Crippen LogP contribution in [0, 0.1) is 0 Å². The molecular formula is C10H15F3N3O13P3. The average Bonchev–Trinajstić information content (AvgIpc) is 2.83. The minimum absolute atomic E-state index is 0.312. The predicted octanol–water partition coefficient (Wildman–Crippen LogP) is -0.600. The summed E-state index contributed by atoms with van der Waals surface area (Å²) >= 11 is 0. The third-order valence-corrected chi connectivity index (χ3v) is 7.56. The summed E-state index contributed by atoms with van der Waals surface area (Å²) in [6.07, 6.45) is -10.8. The molecule has 1 saturated heterocycles. The number of nitrogen functional groups attached to an aromatic ring is 1. The van der Waals surface area contributed by atoms with Crippen molar-refractivity contribution in [3.8, 4) is 0 Å². The van der Waals surface area contributed by atoms with Crippen LogP contribution in [0.3, 0.4) is 0 Å². The Hall–Kier alpha value is -1.20. The molecule has 0 aromatic carbocycles. The van der Waals surface area contributed by atoms with Crippen LogP contribution in [0.15, 0.2) is 17.1 Å². The van der Waals surface area contributed by atoms with E-state index in [1.165, 1.54) is 0 Å². The first-order chi connectivity index (χ1) is 14.4. The van der Waals surface area contributed by atoms with E-state index in [-0.39, 0.29) is 5.82 Å². The van der Waals surface area contributed by atoms with Gasteiger partial charge in [-0.1, -0.05) is 0 Å². The number of aliphatic hydroxyl groups excluding tert-OH is 1. The van der Waals surface area contributed by atoms with Crippen LogP contribution in [-0.2, 0) is 31.6 Å². The molecule has 0 radical (unpaired) electrons. The number of nitrogens with two attached hydrogens (primary N) is 1. The lowest BCUT2D eigenvalue weighted by Crippen LogP contribution is -2.52. The number of phosphoric acid groups is 3. The lowest BCUT2D eigenvalue weighted by molar-refractivity contribution is -0.193. The standard InChI is InChI=1S/C10H15F3N3O13P3/c11-5-6(17)10(8(12)13,27-7(5)16-2-1-4(14)15-9(16)18)3-26-31(22,23)29-32(24,25)28-30(19,20)21/h1-2,5-8,17H,3H2,(H,22,23)(H,24,25)(H2,14,15,18)(H2,19,20,21)/t5-,6+,7?,10-/m1/s1. The molecule has 1 aliphatic rings. The van der Waals surface area contributed by atoms with E-state index in [4.69, 9.17) is 25.2 Å². The molecule has 0 bridgehead atoms. The summed E-state index contributed by atoms with van der Waals surface area (Å²) in [5.74, 6) is -0.312. The summed E-state index contributed by atoms with van der Waals surface area (Å²) in [5, 5.41) is 9.97. The number of aromatic nitrogens is 2. The van der Waals surface area contributed by atoms with Crippen LogP contribution in [0.1, 0.15) is 6.23 Å². The van der Waals surface area contributed by atoms with Gasteiger partial charge < -0.3 is 35.2 Å². The smallest absolute Gasteiger partial charge is 0.387 e. The highest BCUT2D eigenvalue weighted by atomic mass is 31.3. The van der Waals surface area contributed by atoms with Gasteiger partial charge >= 0.3 is 29.2 Å². The average molecular weight is 535 g/mol. The quantitative estimate of drug-likeness (QED) is 0.216. The van der Waals surface area contributed by atoms with Gasteiger partial charge in [0.05, 0.1) is 6.61 Å². The fourth-order valence-electron chi connectivity index (χ4n) is 2.46. The second kappa shape index (κ2) is 9.21. The molecule has 1 aliphatic heterocycles.